The summed E-state index contributed by atoms with van der Waals surface area (Å²) in [5, 5.41) is 4.16. The van der Waals surface area contributed by atoms with E-state index >= 15 is 0 Å². The van der Waals surface area contributed by atoms with Crippen LogP contribution in [0.4, 0.5) is 0 Å². The Morgan fingerprint density at radius 2 is 2.25 bits per heavy atom. The second kappa shape index (κ2) is 6.43. The van der Waals surface area contributed by atoms with Gasteiger partial charge in [-0.05, 0) is 12.8 Å². The van der Waals surface area contributed by atoms with Crippen LogP contribution < -0.4 is 5.73 Å². The van der Waals surface area contributed by atoms with Crippen LogP contribution in [0.3, 0.4) is 0 Å². The highest BCUT2D eigenvalue weighted by Gasteiger charge is 2.18. The van der Waals surface area contributed by atoms with Crippen LogP contribution in [-0.2, 0) is 6.54 Å². The van der Waals surface area contributed by atoms with Gasteiger partial charge in [0.2, 0.25) is 0 Å². The smallest absolute Gasteiger partial charge is 0.170 e. The van der Waals surface area contributed by atoms with Gasteiger partial charge in [0.05, 0.1) is 11.8 Å². The van der Waals surface area contributed by atoms with Gasteiger partial charge in [-0.15, -0.1) is 0 Å². The lowest BCUT2D eigenvalue weighted by Crippen LogP contribution is -2.23. The third kappa shape index (κ3) is 3.17. The molecule has 4 heteroatoms. The molecule has 1 atom stereocenters. The summed E-state index contributed by atoms with van der Waals surface area (Å²) in [6, 6.07) is 0. The number of aryl methyl sites for hydroxylation is 1. The van der Waals surface area contributed by atoms with Gasteiger partial charge >= 0.3 is 0 Å². The number of hydrogen-bond donors (Lipinski definition) is 1. The molecule has 4 nitrogen and oxygen atoms in total. The molecule has 0 spiro atoms. The van der Waals surface area contributed by atoms with Crippen LogP contribution in [0.5, 0.6) is 0 Å². The molecule has 90 valence electrons. The first-order valence-electron chi connectivity index (χ1n) is 5.99. The third-order valence-corrected chi connectivity index (χ3v) is 2.66. The van der Waals surface area contributed by atoms with Crippen molar-refractivity contribution in [2.45, 2.75) is 39.7 Å². The maximum atomic E-state index is 12.1. The number of nitrogens with zero attached hydrogens (tertiary/aromatic N) is 2. The Labute approximate surface area is 96.8 Å². The number of carbonyl (C=O) groups is 1. The van der Waals surface area contributed by atoms with Crippen LogP contribution in [0.25, 0.3) is 0 Å². The van der Waals surface area contributed by atoms with Gasteiger partial charge in [0, 0.05) is 25.2 Å². The van der Waals surface area contributed by atoms with Gasteiger partial charge in [-0.1, -0.05) is 20.3 Å². The fourth-order valence-electron chi connectivity index (χ4n) is 1.78. The minimum atomic E-state index is -0.0516. The summed E-state index contributed by atoms with van der Waals surface area (Å²) in [7, 11) is 0. The molecule has 0 saturated heterocycles. The number of Topliss-reactive ketones (excluding diaryl/α,β-unsaturated/α-hetero) is 1. The van der Waals surface area contributed by atoms with E-state index in [0.717, 1.165) is 25.8 Å². The van der Waals surface area contributed by atoms with Crippen LogP contribution in [-0.4, -0.2) is 22.1 Å². The second-order valence-corrected chi connectivity index (χ2v) is 4.08. The number of nitrogens with two attached hydrogens (primary N) is 1. The zero-order chi connectivity index (χ0) is 12.0. The van der Waals surface area contributed by atoms with E-state index < -0.39 is 0 Å². The van der Waals surface area contributed by atoms with Gasteiger partial charge in [-0.25, -0.2) is 0 Å². The monoisotopic (exact) mass is 223 g/mol. The van der Waals surface area contributed by atoms with E-state index in [9.17, 15) is 4.79 Å². The van der Waals surface area contributed by atoms with Crippen LogP contribution in [0.1, 0.15) is 43.5 Å². The molecular formula is C12H21N3O. The van der Waals surface area contributed by atoms with Gasteiger partial charge < -0.3 is 5.73 Å². The zero-order valence-corrected chi connectivity index (χ0v) is 10.1. The molecule has 0 aliphatic carbocycles. The van der Waals surface area contributed by atoms with E-state index in [1.807, 2.05) is 10.9 Å². The molecule has 0 aromatic carbocycles. The van der Waals surface area contributed by atoms with Gasteiger partial charge in [0.1, 0.15) is 0 Å². The molecule has 1 heterocycles. The average molecular weight is 223 g/mol. The maximum Gasteiger partial charge on any atom is 0.170 e. The molecule has 0 fully saturated rings. The summed E-state index contributed by atoms with van der Waals surface area (Å²) in [6.07, 6.45) is 6.33. The van der Waals surface area contributed by atoms with E-state index in [2.05, 4.69) is 18.9 Å². The summed E-state index contributed by atoms with van der Waals surface area (Å²) < 4.78 is 1.81. The van der Waals surface area contributed by atoms with Gasteiger partial charge in [0.15, 0.2) is 5.78 Å². The molecule has 1 unspecified atom stereocenters. The Balaban J connectivity index is 2.70. The first-order valence-corrected chi connectivity index (χ1v) is 5.99. The molecule has 0 radical (unpaired) electrons. The quantitative estimate of drug-likeness (QED) is 0.718. The first kappa shape index (κ1) is 12.9. The highest BCUT2D eigenvalue weighted by Crippen LogP contribution is 2.13. The van der Waals surface area contributed by atoms with Crippen molar-refractivity contribution < 1.29 is 4.79 Å². The van der Waals surface area contributed by atoms with Crippen LogP contribution in [0, 0.1) is 5.92 Å². The summed E-state index contributed by atoms with van der Waals surface area (Å²) in [4.78, 5) is 12.1. The summed E-state index contributed by atoms with van der Waals surface area (Å²) >= 11 is 0. The fraction of sp³-hybridized carbons (Fsp3) is 0.667. The van der Waals surface area contributed by atoms with Gasteiger partial charge in [0.25, 0.3) is 0 Å². The molecular weight excluding hydrogens is 202 g/mol. The van der Waals surface area contributed by atoms with Crippen molar-refractivity contribution in [2.24, 2.45) is 11.7 Å². The molecule has 2 N–H and O–H groups in total. The van der Waals surface area contributed by atoms with Crippen LogP contribution in [0.15, 0.2) is 12.4 Å². The summed E-state index contributed by atoms with van der Waals surface area (Å²) in [6.45, 7) is 5.43. The van der Waals surface area contributed by atoms with Crippen molar-refractivity contribution in [3.05, 3.63) is 18.0 Å². The van der Waals surface area contributed by atoms with Crippen molar-refractivity contribution >= 4 is 5.78 Å². The molecule has 1 aromatic rings. The molecule has 1 aromatic heterocycles. The largest absolute Gasteiger partial charge is 0.330 e. The Kier molecular flexibility index (Phi) is 5.19. The van der Waals surface area contributed by atoms with Crippen LogP contribution in [0.2, 0.25) is 0 Å². The lowest BCUT2D eigenvalue weighted by molar-refractivity contribution is 0.0917. The SMILES string of the molecule is CCCC(CN)C(=O)c1cnn(CCC)c1. The van der Waals surface area contributed by atoms with Crippen LogP contribution >= 0.6 is 0 Å². The standard InChI is InChI=1S/C12H21N3O/c1-3-5-10(7-13)12(16)11-8-14-15(9-11)6-4-2/h8-10H,3-7,13H2,1-2H3. The number of hydrogen-bond acceptors (Lipinski definition) is 3. The average Bonchev–Trinajstić information content (AvgIpc) is 2.74. The van der Waals surface area contributed by atoms with Crippen molar-refractivity contribution in [2.75, 3.05) is 6.54 Å². The van der Waals surface area contributed by atoms with E-state index in [0.29, 0.717) is 12.1 Å². The summed E-state index contributed by atoms with van der Waals surface area (Å²) in [5.41, 5.74) is 6.31. The number of ketones is 1. The predicted octanol–water partition coefficient (Wildman–Crippen LogP) is 1.85. The normalized spacial score (nSPS) is 12.7. The summed E-state index contributed by atoms with van der Waals surface area (Å²) in [5.74, 6) is 0.0796. The highest BCUT2D eigenvalue weighted by molar-refractivity contribution is 5.97. The topological polar surface area (TPSA) is 60.9 Å². The number of carbonyl (C=O) groups excluding carboxylic acids is 1. The first-order chi connectivity index (χ1) is 7.72. The van der Waals surface area contributed by atoms with Crippen molar-refractivity contribution in [3.63, 3.8) is 0 Å². The Morgan fingerprint density at radius 1 is 1.50 bits per heavy atom. The minimum absolute atomic E-state index is 0.0516. The van der Waals surface area contributed by atoms with Crippen molar-refractivity contribution in [1.29, 1.82) is 0 Å². The molecule has 1 rings (SSSR count). The van der Waals surface area contributed by atoms with E-state index in [1.165, 1.54) is 0 Å². The molecule has 0 aliphatic heterocycles. The lowest BCUT2D eigenvalue weighted by atomic mass is 9.95. The maximum absolute atomic E-state index is 12.1. The molecule has 0 bridgehead atoms. The molecule has 0 aliphatic rings. The third-order valence-electron chi connectivity index (χ3n) is 2.66. The highest BCUT2D eigenvalue weighted by atomic mass is 16.1. The zero-order valence-electron chi connectivity index (χ0n) is 10.1. The number of rotatable bonds is 7. The molecule has 16 heavy (non-hydrogen) atoms. The fourth-order valence-corrected chi connectivity index (χ4v) is 1.78. The Bertz CT molecular complexity index is 333. The Hall–Kier alpha value is -1.16. The van der Waals surface area contributed by atoms with Gasteiger partial charge in [-0.3, -0.25) is 9.48 Å². The molecule has 0 saturated carbocycles. The lowest BCUT2D eigenvalue weighted by Gasteiger charge is -2.10. The number of aromatic nitrogens is 2. The van der Waals surface area contributed by atoms with Crippen molar-refractivity contribution in [1.82, 2.24) is 9.78 Å². The second-order valence-electron chi connectivity index (χ2n) is 4.08. The Morgan fingerprint density at radius 3 is 2.81 bits per heavy atom. The van der Waals surface area contributed by atoms with E-state index in [-0.39, 0.29) is 11.7 Å². The minimum Gasteiger partial charge on any atom is -0.330 e. The van der Waals surface area contributed by atoms with Crippen molar-refractivity contribution in [3.8, 4) is 0 Å². The predicted molar refractivity (Wildman–Crippen MR) is 64.3 cm³/mol. The van der Waals surface area contributed by atoms with E-state index in [4.69, 9.17) is 5.73 Å². The van der Waals surface area contributed by atoms with Gasteiger partial charge in [-0.2, -0.15) is 5.10 Å². The van der Waals surface area contributed by atoms with E-state index in [1.54, 1.807) is 6.20 Å². The molecule has 0 amide bonds.